The third-order valence-electron chi connectivity index (χ3n) is 2.41. The minimum atomic E-state index is 0.334. The van der Waals surface area contributed by atoms with Crippen LogP contribution in [0, 0.1) is 0 Å². The molecule has 0 saturated carbocycles. The van der Waals surface area contributed by atoms with Crippen molar-refractivity contribution in [2.75, 3.05) is 7.11 Å². The second-order valence-corrected chi connectivity index (χ2v) is 4.60. The molecule has 0 radical (unpaired) electrons. The van der Waals surface area contributed by atoms with E-state index in [0.717, 1.165) is 11.1 Å². The van der Waals surface area contributed by atoms with Crippen molar-refractivity contribution in [1.82, 2.24) is 0 Å². The molecule has 0 spiro atoms. The van der Waals surface area contributed by atoms with Gasteiger partial charge in [-0.3, -0.25) is 0 Å². The second-order valence-electron chi connectivity index (χ2n) is 3.43. The normalized spacial score (nSPS) is 10.4. The number of hydrogen-bond acceptors (Lipinski definition) is 1. The third kappa shape index (κ3) is 2.37. The van der Waals surface area contributed by atoms with Crippen molar-refractivity contribution in [3.05, 3.63) is 51.5 Å². The Hall–Kier alpha value is -0.890. The molecule has 0 aromatic heterocycles. The highest BCUT2D eigenvalue weighted by molar-refractivity contribution is 6.46. The summed E-state index contributed by atoms with van der Waals surface area (Å²) >= 11 is 18.4. The lowest BCUT2D eigenvalue weighted by Crippen LogP contribution is -1.89. The van der Waals surface area contributed by atoms with Gasteiger partial charge in [-0.05, 0) is 11.6 Å². The summed E-state index contributed by atoms with van der Waals surface area (Å²) in [7, 11) is 1.51. The summed E-state index contributed by atoms with van der Waals surface area (Å²) < 4.78 is 5.10. The van der Waals surface area contributed by atoms with Gasteiger partial charge in [-0.15, -0.1) is 0 Å². The van der Waals surface area contributed by atoms with E-state index in [2.05, 4.69) is 0 Å². The predicted molar refractivity (Wildman–Crippen MR) is 73.5 cm³/mol. The molecule has 0 unspecified atom stereocenters. The Bertz CT molecular complexity index is 538. The van der Waals surface area contributed by atoms with E-state index in [4.69, 9.17) is 39.5 Å². The zero-order chi connectivity index (χ0) is 12.4. The van der Waals surface area contributed by atoms with E-state index in [0.29, 0.717) is 20.8 Å². The summed E-state index contributed by atoms with van der Waals surface area (Å²) in [6, 6.07) is 11.4. The molecule has 0 atom stereocenters. The Morgan fingerprint density at radius 1 is 0.941 bits per heavy atom. The number of rotatable bonds is 2. The van der Waals surface area contributed by atoms with Crippen LogP contribution in [0.4, 0.5) is 0 Å². The highest BCUT2D eigenvalue weighted by Crippen LogP contribution is 2.43. The summed E-state index contributed by atoms with van der Waals surface area (Å²) in [6.45, 7) is 0. The summed E-state index contributed by atoms with van der Waals surface area (Å²) in [5.74, 6) is 0.401. The van der Waals surface area contributed by atoms with Crippen LogP contribution in [0.3, 0.4) is 0 Å². The average molecular weight is 288 g/mol. The topological polar surface area (TPSA) is 9.23 Å². The van der Waals surface area contributed by atoms with Crippen molar-refractivity contribution < 1.29 is 4.74 Å². The first-order chi connectivity index (χ1) is 8.15. The fraction of sp³-hybridized carbons (Fsp3) is 0.0769. The molecule has 2 rings (SSSR count). The van der Waals surface area contributed by atoms with Gasteiger partial charge < -0.3 is 4.74 Å². The molecule has 0 N–H and O–H groups in total. The van der Waals surface area contributed by atoms with Gasteiger partial charge in [0.1, 0.15) is 5.02 Å². The van der Waals surface area contributed by atoms with Gasteiger partial charge in [-0.1, -0.05) is 65.1 Å². The highest BCUT2D eigenvalue weighted by Gasteiger charge is 2.15. The van der Waals surface area contributed by atoms with Gasteiger partial charge in [-0.2, -0.15) is 0 Å². The van der Waals surface area contributed by atoms with E-state index in [1.165, 1.54) is 7.11 Å². The third-order valence-corrected chi connectivity index (χ3v) is 3.54. The lowest BCUT2D eigenvalue weighted by Gasteiger charge is -2.11. The molecule has 2 aromatic carbocycles. The molecule has 0 bridgehead atoms. The van der Waals surface area contributed by atoms with Crippen LogP contribution >= 0.6 is 34.8 Å². The number of hydrogen-bond donors (Lipinski definition) is 0. The van der Waals surface area contributed by atoms with Crippen LogP contribution in [0.1, 0.15) is 0 Å². The minimum absolute atomic E-state index is 0.334. The summed E-state index contributed by atoms with van der Waals surface area (Å²) in [4.78, 5) is 0. The highest BCUT2D eigenvalue weighted by atomic mass is 35.5. The molecular formula is C13H9Cl3O. The number of ether oxygens (including phenoxy) is 1. The van der Waals surface area contributed by atoms with Crippen molar-refractivity contribution in [3.63, 3.8) is 0 Å². The van der Waals surface area contributed by atoms with E-state index < -0.39 is 0 Å². The standard InChI is InChI=1S/C13H9Cl3O/c1-17-13-10(14)7-9(11(15)12(13)16)8-5-3-2-4-6-8/h2-7H,1H3. The maximum atomic E-state index is 6.21. The van der Waals surface area contributed by atoms with Crippen molar-refractivity contribution in [2.24, 2.45) is 0 Å². The zero-order valence-electron chi connectivity index (χ0n) is 9.01. The van der Waals surface area contributed by atoms with Gasteiger partial charge in [0.25, 0.3) is 0 Å². The number of benzene rings is 2. The molecule has 0 aliphatic heterocycles. The van der Waals surface area contributed by atoms with Crippen LogP contribution < -0.4 is 4.74 Å². The van der Waals surface area contributed by atoms with Crippen LogP contribution in [-0.2, 0) is 0 Å². The zero-order valence-corrected chi connectivity index (χ0v) is 11.3. The first-order valence-electron chi connectivity index (χ1n) is 4.92. The quantitative estimate of drug-likeness (QED) is 0.679. The largest absolute Gasteiger partial charge is 0.494 e. The van der Waals surface area contributed by atoms with Gasteiger partial charge in [0, 0.05) is 5.56 Å². The Morgan fingerprint density at radius 3 is 2.18 bits per heavy atom. The smallest absolute Gasteiger partial charge is 0.157 e. The Balaban J connectivity index is 2.65. The first kappa shape index (κ1) is 12.6. The lowest BCUT2D eigenvalue weighted by molar-refractivity contribution is 0.415. The Kier molecular flexibility index (Phi) is 3.82. The van der Waals surface area contributed by atoms with Crippen LogP contribution in [0.15, 0.2) is 36.4 Å². The van der Waals surface area contributed by atoms with Crippen molar-refractivity contribution in [1.29, 1.82) is 0 Å². The van der Waals surface area contributed by atoms with E-state index in [1.807, 2.05) is 30.3 Å². The van der Waals surface area contributed by atoms with E-state index in [-0.39, 0.29) is 0 Å². The van der Waals surface area contributed by atoms with Crippen LogP contribution in [-0.4, -0.2) is 7.11 Å². The first-order valence-corrected chi connectivity index (χ1v) is 6.05. The molecule has 17 heavy (non-hydrogen) atoms. The van der Waals surface area contributed by atoms with E-state index in [1.54, 1.807) is 6.07 Å². The SMILES string of the molecule is COc1c(Cl)cc(-c2ccccc2)c(Cl)c1Cl. The minimum Gasteiger partial charge on any atom is -0.494 e. The van der Waals surface area contributed by atoms with Crippen LogP contribution in [0.5, 0.6) is 5.75 Å². The molecular weight excluding hydrogens is 279 g/mol. The summed E-state index contributed by atoms with van der Waals surface area (Å²) in [5, 5.41) is 1.22. The van der Waals surface area contributed by atoms with Gasteiger partial charge in [0.2, 0.25) is 0 Å². The van der Waals surface area contributed by atoms with Crippen molar-refractivity contribution >= 4 is 34.8 Å². The fourth-order valence-electron chi connectivity index (χ4n) is 1.59. The lowest BCUT2D eigenvalue weighted by atomic mass is 10.1. The Labute approximate surface area is 115 Å². The van der Waals surface area contributed by atoms with Crippen LogP contribution in [0.25, 0.3) is 11.1 Å². The number of halogens is 3. The predicted octanol–water partition coefficient (Wildman–Crippen LogP) is 5.32. The fourth-order valence-corrected chi connectivity index (χ4v) is 2.45. The van der Waals surface area contributed by atoms with Crippen molar-refractivity contribution in [3.8, 4) is 16.9 Å². The van der Waals surface area contributed by atoms with Gasteiger partial charge in [0.15, 0.2) is 5.75 Å². The van der Waals surface area contributed by atoms with Gasteiger partial charge in [-0.25, -0.2) is 0 Å². The maximum Gasteiger partial charge on any atom is 0.157 e. The van der Waals surface area contributed by atoms with Gasteiger partial charge in [0.05, 0.1) is 17.2 Å². The second kappa shape index (κ2) is 5.18. The Morgan fingerprint density at radius 2 is 1.59 bits per heavy atom. The molecule has 0 heterocycles. The van der Waals surface area contributed by atoms with E-state index >= 15 is 0 Å². The average Bonchev–Trinajstić information content (AvgIpc) is 2.35. The summed E-state index contributed by atoms with van der Waals surface area (Å²) in [5.41, 5.74) is 1.76. The van der Waals surface area contributed by atoms with Gasteiger partial charge >= 0.3 is 0 Å². The molecule has 0 aliphatic carbocycles. The molecule has 88 valence electrons. The molecule has 0 aliphatic rings. The monoisotopic (exact) mass is 286 g/mol. The molecule has 4 heteroatoms. The molecule has 0 fully saturated rings. The molecule has 0 amide bonds. The molecule has 2 aromatic rings. The number of methoxy groups -OCH3 is 1. The molecule has 1 nitrogen and oxygen atoms in total. The van der Waals surface area contributed by atoms with Crippen molar-refractivity contribution in [2.45, 2.75) is 0 Å². The van der Waals surface area contributed by atoms with Crippen LogP contribution in [0.2, 0.25) is 15.1 Å². The van der Waals surface area contributed by atoms with E-state index in [9.17, 15) is 0 Å². The maximum absolute atomic E-state index is 6.21. The summed E-state index contributed by atoms with van der Waals surface area (Å²) in [6.07, 6.45) is 0. The molecule has 0 saturated heterocycles.